The zero-order chi connectivity index (χ0) is 10.8. The molecule has 0 saturated carbocycles. The van der Waals surface area contributed by atoms with Gasteiger partial charge < -0.3 is 0 Å². The second-order valence-electron chi connectivity index (χ2n) is 2.97. The fourth-order valence-electron chi connectivity index (χ4n) is 1.22. The van der Waals surface area contributed by atoms with Crippen LogP contribution in [0, 0.1) is 6.92 Å². The number of halogens is 1. The molecule has 15 heavy (non-hydrogen) atoms. The second-order valence-corrected chi connectivity index (χ2v) is 5.44. The Bertz CT molecular complexity index is 510. The zero-order valence-corrected chi connectivity index (χ0v) is 10.3. The number of aldehydes is 1. The molecule has 2 aromatic heterocycles. The van der Waals surface area contributed by atoms with Gasteiger partial charge in [-0.2, -0.15) is 0 Å². The number of thiophene rings is 1. The Kier molecular flexibility index (Phi) is 2.93. The van der Waals surface area contributed by atoms with Crippen molar-refractivity contribution in [3.8, 4) is 10.6 Å². The molecular weight excluding hydrogens is 276 g/mol. The maximum Gasteiger partial charge on any atom is 0.193 e. The number of aryl methyl sites for hydroxylation is 1. The van der Waals surface area contributed by atoms with E-state index in [2.05, 4.69) is 25.9 Å². The molecular formula is C10H7BrN2OS. The van der Waals surface area contributed by atoms with Crippen LogP contribution >= 0.6 is 27.3 Å². The van der Waals surface area contributed by atoms with Crippen LogP contribution < -0.4 is 0 Å². The van der Waals surface area contributed by atoms with Gasteiger partial charge in [-0.1, -0.05) is 0 Å². The number of rotatable bonds is 2. The summed E-state index contributed by atoms with van der Waals surface area (Å²) in [5.74, 6) is 0.231. The molecule has 0 unspecified atom stereocenters. The van der Waals surface area contributed by atoms with Gasteiger partial charge in [0, 0.05) is 5.69 Å². The number of carbonyl (C=O) groups is 1. The molecule has 0 N–H and O–H groups in total. The maximum atomic E-state index is 10.6. The van der Waals surface area contributed by atoms with Crippen LogP contribution in [0.15, 0.2) is 22.0 Å². The summed E-state index contributed by atoms with van der Waals surface area (Å²) in [7, 11) is 0. The average molecular weight is 283 g/mol. The lowest BCUT2D eigenvalue weighted by atomic mass is 10.3. The fourth-order valence-corrected chi connectivity index (χ4v) is 2.57. The first-order chi connectivity index (χ1) is 7.19. The lowest BCUT2D eigenvalue weighted by Crippen LogP contribution is -1.96. The van der Waals surface area contributed by atoms with Crippen molar-refractivity contribution in [1.29, 1.82) is 0 Å². The average Bonchev–Trinajstić information content (AvgIpc) is 2.64. The first-order valence-corrected chi connectivity index (χ1v) is 5.86. The molecule has 0 aliphatic rings. The predicted octanol–water partition coefficient (Wildman–Crippen LogP) is 3.09. The normalized spacial score (nSPS) is 10.3. The predicted molar refractivity (Wildman–Crippen MR) is 63.2 cm³/mol. The summed E-state index contributed by atoms with van der Waals surface area (Å²) < 4.78 is 1.04. The SMILES string of the molecule is Cc1cc(-c2ccc(Br)s2)nc(C=O)n1. The lowest BCUT2D eigenvalue weighted by molar-refractivity contribution is 0.111. The molecule has 76 valence electrons. The van der Waals surface area contributed by atoms with E-state index in [9.17, 15) is 4.79 Å². The van der Waals surface area contributed by atoms with Crippen LogP contribution in [0.3, 0.4) is 0 Å². The van der Waals surface area contributed by atoms with Gasteiger partial charge in [-0.3, -0.25) is 4.79 Å². The van der Waals surface area contributed by atoms with Gasteiger partial charge in [0.25, 0.3) is 0 Å². The van der Waals surface area contributed by atoms with E-state index in [-0.39, 0.29) is 5.82 Å². The quantitative estimate of drug-likeness (QED) is 0.795. The van der Waals surface area contributed by atoms with Gasteiger partial charge in [0.2, 0.25) is 0 Å². The molecule has 0 aromatic carbocycles. The summed E-state index contributed by atoms with van der Waals surface area (Å²) in [5.41, 5.74) is 1.59. The molecule has 0 amide bonds. The van der Waals surface area contributed by atoms with Crippen molar-refractivity contribution >= 4 is 33.6 Å². The summed E-state index contributed by atoms with van der Waals surface area (Å²) in [5, 5.41) is 0. The molecule has 0 atom stereocenters. The highest BCUT2D eigenvalue weighted by atomic mass is 79.9. The van der Waals surface area contributed by atoms with Crippen molar-refractivity contribution in [3.05, 3.63) is 33.5 Å². The molecule has 0 fully saturated rings. The Labute approximate surface area is 99.3 Å². The Balaban J connectivity index is 2.52. The first kappa shape index (κ1) is 10.4. The first-order valence-electron chi connectivity index (χ1n) is 4.25. The monoisotopic (exact) mass is 282 g/mol. The van der Waals surface area contributed by atoms with E-state index in [0.29, 0.717) is 6.29 Å². The van der Waals surface area contributed by atoms with Gasteiger partial charge in [-0.05, 0) is 41.1 Å². The van der Waals surface area contributed by atoms with E-state index in [1.165, 1.54) is 0 Å². The highest BCUT2D eigenvalue weighted by Crippen LogP contribution is 2.30. The van der Waals surface area contributed by atoms with Crippen LogP contribution in [-0.4, -0.2) is 16.3 Å². The number of carbonyl (C=O) groups excluding carboxylic acids is 1. The molecule has 0 aliphatic carbocycles. The van der Waals surface area contributed by atoms with Gasteiger partial charge in [0.15, 0.2) is 12.1 Å². The Morgan fingerprint density at radius 3 is 2.80 bits per heavy atom. The largest absolute Gasteiger partial charge is 0.294 e. The molecule has 2 aromatic rings. The third-order valence-corrected chi connectivity index (χ3v) is 3.45. The van der Waals surface area contributed by atoms with Gasteiger partial charge in [0.05, 0.1) is 14.4 Å². The van der Waals surface area contributed by atoms with E-state index >= 15 is 0 Å². The van der Waals surface area contributed by atoms with Crippen LogP contribution in [0.5, 0.6) is 0 Å². The van der Waals surface area contributed by atoms with E-state index in [0.717, 1.165) is 20.1 Å². The molecule has 5 heteroatoms. The zero-order valence-electron chi connectivity index (χ0n) is 7.90. The minimum Gasteiger partial charge on any atom is -0.294 e. The topological polar surface area (TPSA) is 42.9 Å². The van der Waals surface area contributed by atoms with Crippen LogP contribution in [0.1, 0.15) is 16.3 Å². The third-order valence-electron chi connectivity index (χ3n) is 1.80. The van der Waals surface area contributed by atoms with E-state index < -0.39 is 0 Å². The van der Waals surface area contributed by atoms with Crippen LogP contribution in [0.4, 0.5) is 0 Å². The summed E-state index contributed by atoms with van der Waals surface area (Å²) >= 11 is 4.97. The fraction of sp³-hybridized carbons (Fsp3) is 0.100. The third kappa shape index (κ3) is 2.30. The van der Waals surface area contributed by atoms with Gasteiger partial charge in [-0.15, -0.1) is 11.3 Å². The molecule has 0 bridgehead atoms. The van der Waals surface area contributed by atoms with Crippen molar-refractivity contribution in [2.45, 2.75) is 6.92 Å². The summed E-state index contributed by atoms with van der Waals surface area (Å²) in [6, 6.07) is 5.79. The molecule has 0 saturated heterocycles. The highest BCUT2D eigenvalue weighted by Gasteiger charge is 2.06. The summed E-state index contributed by atoms with van der Waals surface area (Å²) in [4.78, 5) is 19.8. The lowest BCUT2D eigenvalue weighted by Gasteiger charge is -1.99. The standard InChI is InChI=1S/C10H7BrN2OS/c1-6-4-7(13-10(5-14)12-6)8-2-3-9(11)15-8/h2-5H,1H3. The van der Waals surface area contributed by atoms with Crippen LogP contribution in [-0.2, 0) is 0 Å². The molecule has 2 heterocycles. The Hall–Kier alpha value is -1.07. The minimum atomic E-state index is 0.231. The highest BCUT2D eigenvalue weighted by molar-refractivity contribution is 9.11. The number of hydrogen-bond donors (Lipinski definition) is 0. The van der Waals surface area contributed by atoms with Gasteiger partial charge in [0.1, 0.15) is 0 Å². The van der Waals surface area contributed by atoms with E-state index in [1.54, 1.807) is 11.3 Å². The molecule has 0 spiro atoms. The van der Waals surface area contributed by atoms with E-state index in [1.807, 2.05) is 25.1 Å². The number of hydrogen-bond acceptors (Lipinski definition) is 4. The number of aromatic nitrogens is 2. The maximum absolute atomic E-state index is 10.6. The van der Waals surface area contributed by atoms with Crippen molar-refractivity contribution in [2.24, 2.45) is 0 Å². The Morgan fingerprint density at radius 1 is 1.40 bits per heavy atom. The van der Waals surface area contributed by atoms with Crippen molar-refractivity contribution in [3.63, 3.8) is 0 Å². The van der Waals surface area contributed by atoms with Crippen LogP contribution in [0.25, 0.3) is 10.6 Å². The van der Waals surface area contributed by atoms with Gasteiger partial charge in [-0.25, -0.2) is 9.97 Å². The molecule has 0 aliphatic heterocycles. The van der Waals surface area contributed by atoms with Crippen molar-refractivity contribution in [2.75, 3.05) is 0 Å². The second kappa shape index (κ2) is 4.20. The van der Waals surface area contributed by atoms with E-state index in [4.69, 9.17) is 0 Å². The van der Waals surface area contributed by atoms with Gasteiger partial charge >= 0.3 is 0 Å². The molecule has 2 rings (SSSR count). The minimum absolute atomic E-state index is 0.231. The molecule has 3 nitrogen and oxygen atoms in total. The number of nitrogens with zero attached hydrogens (tertiary/aromatic N) is 2. The smallest absolute Gasteiger partial charge is 0.193 e. The van der Waals surface area contributed by atoms with Crippen molar-refractivity contribution < 1.29 is 4.79 Å². The molecule has 0 radical (unpaired) electrons. The Morgan fingerprint density at radius 2 is 2.20 bits per heavy atom. The summed E-state index contributed by atoms with van der Waals surface area (Å²) in [6.45, 7) is 1.85. The van der Waals surface area contributed by atoms with Crippen molar-refractivity contribution in [1.82, 2.24) is 9.97 Å². The summed E-state index contributed by atoms with van der Waals surface area (Å²) in [6.07, 6.45) is 0.666. The van der Waals surface area contributed by atoms with Crippen LogP contribution in [0.2, 0.25) is 0 Å².